The maximum atomic E-state index is 7.71. The fourth-order valence-corrected chi connectivity index (χ4v) is 7.29. The summed E-state index contributed by atoms with van der Waals surface area (Å²) >= 11 is 0. The van der Waals surface area contributed by atoms with Gasteiger partial charge in [-0.25, -0.2) is 14.8 Å². The molecule has 0 bridgehead atoms. The minimum atomic E-state index is 0.631. The van der Waals surface area contributed by atoms with E-state index in [1.807, 2.05) is 72.8 Å². The van der Waals surface area contributed by atoms with E-state index in [-0.39, 0.29) is 0 Å². The first-order valence-electron chi connectivity index (χ1n) is 15.9. The number of rotatable bonds is 3. The first-order chi connectivity index (χ1) is 23.8. The van der Waals surface area contributed by atoms with Gasteiger partial charge in [-0.15, -0.1) is 0 Å². The molecule has 0 N–H and O–H groups in total. The highest BCUT2D eigenvalue weighted by molar-refractivity contribution is 6.18. The first-order valence-corrected chi connectivity index (χ1v) is 15.9. The summed E-state index contributed by atoms with van der Waals surface area (Å²) in [5.74, 6) is 2.31. The maximum absolute atomic E-state index is 7.71. The Morgan fingerprint density at radius 3 is 2.15 bits per heavy atom. The van der Waals surface area contributed by atoms with Crippen molar-refractivity contribution in [1.29, 1.82) is 0 Å². The smallest absolute Gasteiger partial charge is 0.195 e. The van der Waals surface area contributed by atoms with Gasteiger partial charge in [0, 0.05) is 38.5 Å². The van der Waals surface area contributed by atoms with Crippen LogP contribution in [0.15, 0.2) is 146 Å². The molecule has 0 amide bonds. The molecular weight excluding hydrogens is 589 g/mol. The molecule has 0 fully saturated rings. The SMILES string of the molecule is [C-]#[N+]c1ccc2c3c(cccc13)Oc1c-2ccc2c1c1ccccc1n2-c1ccc2nc(-c3ccccc3)nc(-c3ccccc3)c2c1. The zero-order valence-corrected chi connectivity index (χ0v) is 25.6. The average molecular weight is 613 g/mol. The Kier molecular flexibility index (Phi) is 5.57. The van der Waals surface area contributed by atoms with E-state index in [2.05, 4.69) is 82.2 Å². The van der Waals surface area contributed by atoms with E-state index in [4.69, 9.17) is 21.3 Å². The van der Waals surface area contributed by atoms with Gasteiger partial charge in [0.1, 0.15) is 11.5 Å². The van der Waals surface area contributed by atoms with Gasteiger partial charge in [-0.1, -0.05) is 103 Å². The number of ether oxygens (including phenoxy) is 1. The molecule has 0 saturated carbocycles. The quantitative estimate of drug-likeness (QED) is 0.186. The van der Waals surface area contributed by atoms with E-state index in [0.717, 1.165) is 88.6 Å². The van der Waals surface area contributed by atoms with Gasteiger partial charge in [-0.05, 0) is 53.4 Å². The summed E-state index contributed by atoms with van der Waals surface area (Å²) in [5, 5.41) is 5.04. The van der Waals surface area contributed by atoms with E-state index in [1.165, 1.54) is 0 Å². The zero-order valence-electron chi connectivity index (χ0n) is 25.6. The first kappa shape index (κ1) is 26.4. The molecule has 2 aromatic heterocycles. The van der Waals surface area contributed by atoms with Crippen molar-refractivity contribution in [1.82, 2.24) is 14.5 Å². The second kappa shape index (κ2) is 10.1. The number of hydrogen-bond acceptors (Lipinski definition) is 3. The van der Waals surface area contributed by atoms with E-state index >= 15 is 0 Å². The van der Waals surface area contributed by atoms with Crippen LogP contribution in [-0.2, 0) is 0 Å². The van der Waals surface area contributed by atoms with Crippen LogP contribution in [0, 0.1) is 6.57 Å². The van der Waals surface area contributed by atoms with E-state index in [1.54, 1.807) is 0 Å². The molecule has 222 valence electrons. The third kappa shape index (κ3) is 3.78. The van der Waals surface area contributed by atoms with E-state index in [9.17, 15) is 0 Å². The maximum Gasteiger partial charge on any atom is 0.195 e. The standard InChI is InChI=1S/C43H24N4O/c1-44-34-23-20-29-30-21-24-37-40(42(30)48-38-18-10-16-31(34)39(29)38)32-15-8-9-17-36(32)47(37)28-19-22-35-33(25-28)41(26-11-4-2-5-12-26)46-43(45-35)27-13-6-3-7-14-27/h2-25H. The normalized spacial score (nSPS) is 11.9. The molecule has 1 aliphatic rings. The Bertz CT molecular complexity index is 2810. The van der Waals surface area contributed by atoms with Gasteiger partial charge >= 0.3 is 0 Å². The number of benzene rings is 7. The van der Waals surface area contributed by atoms with Crippen LogP contribution in [0.2, 0.25) is 0 Å². The second-order valence-corrected chi connectivity index (χ2v) is 12.0. The molecule has 1 aliphatic heterocycles. The minimum Gasteiger partial charge on any atom is -0.455 e. The van der Waals surface area contributed by atoms with Crippen molar-refractivity contribution >= 4 is 49.2 Å². The molecule has 0 spiro atoms. The van der Waals surface area contributed by atoms with Crippen LogP contribution < -0.4 is 4.74 Å². The predicted molar refractivity (Wildman–Crippen MR) is 194 cm³/mol. The molecule has 0 unspecified atom stereocenters. The number of para-hydroxylation sites is 1. The summed E-state index contributed by atoms with van der Waals surface area (Å²) in [5.41, 5.74) is 9.68. The molecule has 5 heteroatoms. The summed E-state index contributed by atoms with van der Waals surface area (Å²) in [6, 6.07) is 49.7. The van der Waals surface area contributed by atoms with Crippen LogP contribution >= 0.6 is 0 Å². The zero-order chi connectivity index (χ0) is 31.8. The Hall–Kier alpha value is -6.77. The van der Waals surface area contributed by atoms with Crippen molar-refractivity contribution < 1.29 is 4.74 Å². The number of hydrogen-bond donors (Lipinski definition) is 0. The summed E-state index contributed by atoms with van der Waals surface area (Å²) in [6.45, 7) is 7.71. The minimum absolute atomic E-state index is 0.631. The third-order valence-electron chi connectivity index (χ3n) is 9.41. The van der Waals surface area contributed by atoms with Crippen molar-refractivity contribution in [2.24, 2.45) is 0 Å². The van der Waals surface area contributed by atoms with Crippen LogP contribution in [-0.4, -0.2) is 14.5 Å². The lowest BCUT2D eigenvalue weighted by molar-refractivity contribution is 0.493. The van der Waals surface area contributed by atoms with E-state index < -0.39 is 0 Å². The Morgan fingerprint density at radius 2 is 1.31 bits per heavy atom. The van der Waals surface area contributed by atoms with Crippen molar-refractivity contribution in [2.75, 3.05) is 0 Å². The monoisotopic (exact) mass is 612 g/mol. The summed E-state index contributed by atoms with van der Waals surface area (Å²) in [6.07, 6.45) is 0. The molecule has 3 heterocycles. The highest BCUT2D eigenvalue weighted by Crippen LogP contribution is 2.52. The molecule has 5 nitrogen and oxygen atoms in total. The van der Waals surface area contributed by atoms with Crippen molar-refractivity contribution in [3.63, 3.8) is 0 Å². The number of nitrogens with zero attached hydrogens (tertiary/aromatic N) is 4. The lowest BCUT2D eigenvalue weighted by Crippen LogP contribution is -1.99. The lowest BCUT2D eigenvalue weighted by Gasteiger charge is -2.23. The highest BCUT2D eigenvalue weighted by Gasteiger charge is 2.26. The Morgan fingerprint density at radius 1 is 0.562 bits per heavy atom. The van der Waals surface area contributed by atoms with Crippen LogP contribution in [0.1, 0.15) is 0 Å². The van der Waals surface area contributed by atoms with Crippen molar-refractivity contribution in [2.45, 2.75) is 0 Å². The molecule has 0 atom stereocenters. The van der Waals surface area contributed by atoms with Crippen LogP contribution in [0.5, 0.6) is 11.5 Å². The van der Waals surface area contributed by atoms with Gasteiger partial charge in [-0.3, -0.25) is 0 Å². The van der Waals surface area contributed by atoms with Gasteiger partial charge in [0.05, 0.1) is 34.2 Å². The molecule has 0 radical (unpaired) electrons. The van der Waals surface area contributed by atoms with Gasteiger partial charge in [0.2, 0.25) is 0 Å². The third-order valence-corrected chi connectivity index (χ3v) is 9.41. The molecule has 0 saturated heterocycles. The summed E-state index contributed by atoms with van der Waals surface area (Å²) in [7, 11) is 0. The molecule has 0 aliphatic carbocycles. The predicted octanol–water partition coefficient (Wildman–Crippen LogP) is 11.5. The summed E-state index contributed by atoms with van der Waals surface area (Å²) in [4.78, 5) is 13.9. The van der Waals surface area contributed by atoms with E-state index in [0.29, 0.717) is 11.5 Å². The molecule has 10 rings (SSSR count). The van der Waals surface area contributed by atoms with Crippen LogP contribution in [0.3, 0.4) is 0 Å². The van der Waals surface area contributed by atoms with Gasteiger partial charge in [-0.2, -0.15) is 0 Å². The molecular formula is C43H24N4O. The van der Waals surface area contributed by atoms with Gasteiger partial charge in [0.15, 0.2) is 11.5 Å². The molecule has 9 aromatic rings. The Labute approximate surface area is 275 Å². The molecule has 48 heavy (non-hydrogen) atoms. The second-order valence-electron chi connectivity index (χ2n) is 12.0. The van der Waals surface area contributed by atoms with Crippen molar-refractivity contribution in [3.8, 4) is 51.0 Å². The van der Waals surface area contributed by atoms with Crippen LogP contribution in [0.25, 0.3) is 87.8 Å². The molecule has 7 aromatic carbocycles. The van der Waals surface area contributed by atoms with Crippen molar-refractivity contribution in [3.05, 3.63) is 157 Å². The largest absolute Gasteiger partial charge is 0.455 e. The number of fused-ring (bicyclic) bond motifs is 7. The fourth-order valence-electron chi connectivity index (χ4n) is 7.29. The van der Waals surface area contributed by atoms with Crippen LogP contribution in [0.4, 0.5) is 5.69 Å². The summed E-state index contributed by atoms with van der Waals surface area (Å²) < 4.78 is 9.10. The highest BCUT2D eigenvalue weighted by atomic mass is 16.5. The van der Waals surface area contributed by atoms with Gasteiger partial charge < -0.3 is 9.30 Å². The lowest BCUT2D eigenvalue weighted by atomic mass is 9.92. The van der Waals surface area contributed by atoms with Gasteiger partial charge in [0.25, 0.3) is 0 Å². The Balaban J connectivity index is 1.24. The number of aromatic nitrogens is 3. The average Bonchev–Trinajstić information content (AvgIpc) is 3.50. The topological polar surface area (TPSA) is 44.3 Å². The fraction of sp³-hybridized carbons (Fsp3) is 0.